The molecule has 0 fully saturated rings. The van der Waals surface area contributed by atoms with Gasteiger partial charge in [0.25, 0.3) is 0 Å². The molecule has 2 aromatic carbocycles. The van der Waals surface area contributed by atoms with Crippen LogP contribution in [0.15, 0.2) is 82.8 Å². The second kappa shape index (κ2) is 9.07. The van der Waals surface area contributed by atoms with Crippen molar-refractivity contribution in [2.75, 3.05) is 0 Å². The molecule has 1 unspecified atom stereocenters. The van der Waals surface area contributed by atoms with Crippen LogP contribution in [-0.2, 0) is 13.0 Å². The van der Waals surface area contributed by atoms with Crippen molar-refractivity contribution in [1.82, 2.24) is 14.8 Å². The Balaban J connectivity index is 1.46. The maximum Gasteiger partial charge on any atom is 0.301 e. The van der Waals surface area contributed by atoms with Crippen molar-refractivity contribution >= 4 is 22.5 Å². The number of thioether (sulfide) groups is 1. The summed E-state index contributed by atoms with van der Waals surface area (Å²) in [6.45, 7) is 2.16. The number of nitrogens with zero attached hydrogens (tertiary/aromatic N) is 3. The van der Waals surface area contributed by atoms with Crippen LogP contribution >= 0.6 is 11.8 Å². The molecule has 1 aliphatic rings. The van der Waals surface area contributed by atoms with E-state index in [0.717, 1.165) is 16.7 Å². The molecule has 1 aliphatic heterocycles. The van der Waals surface area contributed by atoms with Gasteiger partial charge >= 0.3 is 5.56 Å². The third-order valence-corrected chi connectivity index (χ3v) is 6.32. The second-order valence-corrected chi connectivity index (χ2v) is 8.98. The maximum atomic E-state index is 13.4. The summed E-state index contributed by atoms with van der Waals surface area (Å²) in [5.41, 5.74) is 6.64. The molecule has 5 rings (SSSR count). The normalized spacial score (nSPS) is 15.3. The van der Waals surface area contributed by atoms with Crippen LogP contribution in [0.3, 0.4) is 0 Å². The molecule has 0 aliphatic carbocycles. The number of halogens is 1. The molecule has 33 heavy (non-hydrogen) atoms. The monoisotopic (exact) mass is 460 g/mol. The number of fused-ring (bicyclic) bond motifs is 1. The van der Waals surface area contributed by atoms with Crippen molar-refractivity contribution in [3.05, 3.63) is 111 Å². The Hall–Kier alpha value is -3.65. The van der Waals surface area contributed by atoms with Crippen LogP contribution in [0.1, 0.15) is 22.4 Å². The highest BCUT2D eigenvalue weighted by Gasteiger charge is 2.27. The molecule has 166 valence electrons. The van der Waals surface area contributed by atoms with Gasteiger partial charge < -0.3 is 4.74 Å². The van der Waals surface area contributed by atoms with Gasteiger partial charge in [0, 0.05) is 12.6 Å². The van der Waals surface area contributed by atoms with Gasteiger partial charge in [0.1, 0.15) is 28.8 Å². The number of ether oxygens (including phenoxy) is 1. The van der Waals surface area contributed by atoms with Gasteiger partial charge in [-0.05, 0) is 41.8 Å². The highest BCUT2D eigenvalue weighted by atomic mass is 32.2. The van der Waals surface area contributed by atoms with Crippen LogP contribution < -0.4 is 15.7 Å². The first-order valence-electron chi connectivity index (χ1n) is 10.5. The molecular formula is C25H21FN4O2S. The standard InChI is InChI=1S/C25H21FN4O2S/c1-16-7-12-20-27-22(24-29-28-21(33-24)13-17-8-10-19(26)11-9-17)23(25(31)30(20)14-16)32-15-18-5-3-2-4-6-18/h2-12,14,21,28H,13,15H2,1H3. The molecule has 6 nitrogen and oxygen atoms in total. The lowest BCUT2D eigenvalue weighted by Crippen LogP contribution is -2.22. The van der Waals surface area contributed by atoms with E-state index in [1.165, 1.54) is 28.3 Å². The van der Waals surface area contributed by atoms with E-state index in [2.05, 4.69) is 10.5 Å². The lowest BCUT2D eigenvalue weighted by molar-refractivity contribution is 0.299. The number of rotatable bonds is 6. The van der Waals surface area contributed by atoms with Crippen molar-refractivity contribution in [2.24, 2.45) is 5.10 Å². The van der Waals surface area contributed by atoms with E-state index in [9.17, 15) is 9.18 Å². The molecule has 8 heteroatoms. The van der Waals surface area contributed by atoms with E-state index in [4.69, 9.17) is 9.72 Å². The first kappa shape index (κ1) is 21.2. The molecule has 1 atom stereocenters. The minimum absolute atomic E-state index is 0.0642. The van der Waals surface area contributed by atoms with Gasteiger partial charge in [0.05, 0.1) is 5.37 Å². The third-order valence-electron chi connectivity index (χ3n) is 5.26. The van der Waals surface area contributed by atoms with Crippen molar-refractivity contribution in [3.8, 4) is 5.75 Å². The smallest absolute Gasteiger partial charge is 0.301 e. The van der Waals surface area contributed by atoms with E-state index >= 15 is 0 Å². The van der Waals surface area contributed by atoms with Gasteiger partial charge in [-0.3, -0.25) is 14.6 Å². The van der Waals surface area contributed by atoms with Crippen molar-refractivity contribution < 1.29 is 9.13 Å². The summed E-state index contributed by atoms with van der Waals surface area (Å²) < 4.78 is 20.7. The molecular weight excluding hydrogens is 439 g/mol. The topological polar surface area (TPSA) is 68.0 Å². The van der Waals surface area contributed by atoms with Crippen LogP contribution in [0, 0.1) is 12.7 Å². The van der Waals surface area contributed by atoms with Gasteiger partial charge in [-0.2, -0.15) is 5.10 Å². The first-order chi connectivity index (χ1) is 16.1. The van der Waals surface area contributed by atoms with Crippen molar-refractivity contribution in [2.45, 2.75) is 25.3 Å². The fraction of sp³-hybridized carbons (Fsp3) is 0.160. The molecule has 2 aromatic heterocycles. The number of aromatic nitrogens is 2. The average molecular weight is 461 g/mol. The zero-order valence-corrected chi connectivity index (χ0v) is 18.7. The van der Waals surface area contributed by atoms with Crippen LogP contribution in [-0.4, -0.2) is 19.8 Å². The largest absolute Gasteiger partial charge is 0.481 e. The fourth-order valence-corrected chi connectivity index (χ4v) is 4.59. The fourth-order valence-electron chi connectivity index (χ4n) is 3.58. The summed E-state index contributed by atoms with van der Waals surface area (Å²) >= 11 is 1.47. The van der Waals surface area contributed by atoms with Gasteiger partial charge in [-0.1, -0.05) is 60.3 Å². The lowest BCUT2D eigenvalue weighted by atomic mass is 10.1. The highest BCUT2D eigenvalue weighted by molar-refractivity contribution is 8.15. The quantitative estimate of drug-likeness (QED) is 0.465. The molecule has 0 spiro atoms. The summed E-state index contributed by atoms with van der Waals surface area (Å²) in [6, 6.07) is 19.8. The van der Waals surface area contributed by atoms with E-state index < -0.39 is 0 Å². The van der Waals surface area contributed by atoms with Crippen LogP contribution in [0.4, 0.5) is 4.39 Å². The van der Waals surface area contributed by atoms with Crippen LogP contribution in [0.2, 0.25) is 0 Å². The van der Waals surface area contributed by atoms with Gasteiger partial charge in [-0.25, -0.2) is 9.37 Å². The van der Waals surface area contributed by atoms with E-state index in [1.54, 1.807) is 18.3 Å². The predicted molar refractivity (Wildman–Crippen MR) is 128 cm³/mol. The van der Waals surface area contributed by atoms with E-state index in [0.29, 0.717) is 22.8 Å². The number of nitrogens with one attached hydrogen (secondary N) is 1. The minimum Gasteiger partial charge on any atom is -0.481 e. The molecule has 1 N–H and O–H groups in total. The average Bonchev–Trinajstić information content (AvgIpc) is 3.29. The van der Waals surface area contributed by atoms with Gasteiger partial charge in [-0.15, -0.1) is 0 Å². The summed E-state index contributed by atoms with van der Waals surface area (Å²) in [7, 11) is 0. The molecule has 4 aromatic rings. The Morgan fingerprint density at radius 1 is 1.06 bits per heavy atom. The summed E-state index contributed by atoms with van der Waals surface area (Å²) in [5.74, 6) is -0.101. The first-order valence-corrected chi connectivity index (χ1v) is 11.4. The molecule has 0 saturated carbocycles. The Labute approximate surface area is 194 Å². The second-order valence-electron chi connectivity index (χ2n) is 7.79. The van der Waals surface area contributed by atoms with Gasteiger partial charge in [0.2, 0.25) is 5.75 Å². The Morgan fingerprint density at radius 2 is 1.85 bits per heavy atom. The Bertz CT molecular complexity index is 1390. The number of hydrogen-bond acceptors (Lipinski definition) is 6. The number of aryl methyl sites for hydroxylation is 1. The summed E-state index contributed by atoms with van der Waals surface area (Å²) in [5, 5.41) is 4.97. The Kier molecular flexibility index (Phi) is 5.83. The van der Waals surface area contributed by atoms with E-state index in [1.807, 2.05) is 49.4 Å². The Morgan fingerprint density at radius 3 is 2.64 bits per heavy atom. The van der Waals surface area contributed by atoms with Crippen LogP contribution in [0.5, 0.6) is 5.75 Å². The number of hydrogen-bond donors (Lipinski definition) is 1. The minimum atomic E-state index is -0.278. The summed E-state index contributed by atoms with van der Waals surface area (Å²) in [4.78, 5) is 18.1. The lowest BCUT2D eigenvalue weighted by Gasteiger charge is -2.13. The molecule has 0 amide bonds. The molecule has 3 heterocycles. The predicted octanol–water partition coefficient (Wildman–Crippen LogP) is 4.29. The van der Waals surface area contributed by atoms with Crippen LogP contribution in [0.25, 0.3) is 5.65 Å². The molecule has 0 radical (unpaired) electrons. The summed E-state index contributed by atoms with van der Waals surface area (Å²) in [6.07, 6.45) is 2.40. The SMILES string of the molecule is Cc1ccc2nc(C3=NNC(Cc4ccc(F)cc4)S3)c(OCc3ccccc3)c(=O)n2c1. The zero-order chi connectivity index (χ0) is 22.8. The number of hydrazone groups is 1. The number of benzene rings is 2. The maximum absolute atomic E-state index is 13.4. The zero-order valence-electron chi connectivity index (χ0n) is 17.9. The van der Waals surface area contributed by atoms with Crippen molar-refractivity contribution in [3.63, 3.8) is 0 Å². The number of pyridine rings is 1. The highest BCUT2D eigenvalue weighted by Crippen LogP contribution is 2.28. The molecule has 0 saturated heterocycles. The third kappa shape index (κ3) is 4.61. The molecule has 0 bridgehead atoms. The van der Waals surface area contributed by atoms with E-state index in [-0.39, 0.29) is 29.1 Å². The van der Waals surface area contributed by atoms with Crippen molar-refractivity contribution in [1.29, 1.82) is 0 Å². The van der Waals surface area contributed by atoms with Gasteiger partial charge in [0.15, 0.2) is 0 Å².